The molecule has 0 aromatic heterocycles. The molecule has 19 heavy (non-hydrogen) atoms. The van der Waals surface area contributed by atoms with Crippen LogP contribution in [0, 0.1) is 41.4 Å². The van der Waals surface area contributed by atoms with Crippen LogP contribution in [0.15, 0.2) is 0 Å². The molecule has 0 aromatic carbocycles. The molecule has 7 unspecified atom stereocenters. The van der Waals surface area contributed by atoms with Crippen LogP contribution in [0.25, 0.3) is 0 Å². The third-order valence-corrected chi connectivity index (χ3v) is 7.77. The number of fused-ring (bicyclic) bond motifs is 4. The van der Waals surface area contributed by atoms with Crippen LogP contribution in [0.3, 0.4) is 0 Å². The van der Waals surface area contributed by atoms with Crippen LogP contribution in [0.2, 0.25) is 0 Å². The molecule has 0 spiro atoms. The first-order chi connectivity index (χ1) is 9.34. The summed E-state index contributed by atoms with van der Waals surface area (Å²) in [5.74, 6) is 7.87. The topological polar surface area (TPSA) is 0 Å². The predicted octanol–water partition coefficient (Wildman–Crippen LogP) is 5.67. The minimum Gasteiger partial charge on any atom is -0.0619 e. The van der Waals surface area contributed by atoms with Crippen molar-refractivity contribution in [3.8, 4) is 0 Å². The van der Waals surface area contributed by atoms with Gasteiger partial charge in [0.15, 0.2) is 0 Å². The molecule has 0 aliphatic heterocycles. The Morgan fingerprint density at radius 1 is 0.579 bits per heavy atom. The summed E-state index contributed by atoms with van der Waals surface area (Å²) in [5, 5.41) is 0. The summed E-state index contributed by atoms with van der Waals surface area (Å²) in [6.45, 7) is 2.66. The molecule has 0 heteroatoms. The van der Waals surface area contributed by atoms with E-state index in [2.05, 4.69) is 6.92 Å². The molecule has 4 saturated carbocycles. The minimum absolute atomic E-state index is 1.06. The van der Waals surface area contributed by atoms with Gasteiger partial charge in [0.2, 0.25) is 0 Å². The molecular formula is C19H32. The van der Waals surface area contributed by atoms with Gasteiger partial charge in [-0.1, -0.05) is 45.4 Å². The van der Waals surface area contributed by atoms with Gasteiger partial charge in [-0.2, -0.15) is 0 Å². The highest BCUT2D eigenvalue weighted by Crippen LogP contribution is 2.58. The first kappa shape index (κ1) is 12.7. The summed E-state index contributed by atoms with van der Waals surface area (Å²) < 4.78 is 0. The van der Waals surface area contributed by atoms with Gasteiger partial charge in [-0.15, -0.1) is 0 Å². The zero-order valence-electron chi connectivity index (χ0n) is 12.8. The van der Waals surface area contributed by atoms with Crippen molar-refractivity contribution in [2.45, 2.75) is 77.6 Å². The van der Waals surface area contributed by atoms with Gasteiger partial charge in [-0.25, -0.2) is 0 Å². The quantitative estimate of drug-likeness (QED) is 0.527. The summed E-state index contributed by atoms with van der Waals surface area (Å²) in [6.07, 6.45) is 17.3. The first-order valence-corrected chi connectivity index (χ1v) is 9.34. The molecule has 7 atom stereocenters. The predicted molar refractivity (Wildman–Crippen MR) is 80.9 cm³/mol. The van der Waals surface area contributed by atoms with Gasteiger partial charge in [-0.3, -0.25) is 0 Å². The molecule has 0 saturated heterocycles. The molecule has 0 bridgehead atoms. The van der Waals surface area contributed by atoms with Crippen LogP contribution in [-0.4, -0.2) is 0 Å². The summed E-state index contributed by atoms with van der Waals surface area (Å²) in [5.41, 5.74) is 0. The molecule has 0 aromatic rings. The Balaban J connectivity index is 1.57. The van der Waals surface area contributed by atoms with Gasteiger partial charge >= 0.3 is 0 Å². The minimum atomic E-state index is 1.06. The lowest BCUT2D eigenvalue weighted by Crippen LogP contribution is -2.48. The van der Waals surface area contributed by atoms with Gasteiger partial charge in [0.25, 0.3) is 0 Å². The summed E-state index contributed by atoms with van der Waals surface area (Å²) in [4.78, 5) is 0. The maximum atomic E-state index is 2.66. The Hall–Kier alpha value is 0. The maximum absolute atomic E-state index is 2.66. The molecule has 4 rings (SSSR count). The van der Waals surface area contributed by atoms with Crippen molar-refractivity contribution in [3.63, 3.8) is 0 Å². The maximum Gasteiger partial charge on any atom is -0.0326 e. The monoisotopic (exact) mass is 260 g/mol. The van der Waals surface area contributed by atoms with E-state index in [1.807, 2.05) is 0 Å². The van der Waals surface area contributed by atoms with Crippen molar-refractivity contribution < 1.29 is 0 Å². The Kier molecular flexibility index (Phi) is 3.40. The fraction of sp³-hybridized carbons (Fsp3) is 1.00. The third-order valence-electron chi connectivity index (χ3n) is 7.77. The molecule has 0 N–H and O–H groups in total. The average molecular weight is 260 g/mol. The van der Waals surface area contributed by atoms with Gasteiger partial charge in [0.1, 0.15) is 0 Å². The smallest absolute Gasteiger partial charge is 0.0326 e. The molecule has 4 aliphatic rings. The lowest BCUT2D eigenvalue weighted by molar-refractivity contribution is -0.0655. The van der Waals surface area contributed by atoms with Crippen LogP contribution in [-0.2, 0) is 0 Å². The van der Waals surface area contributed by atoms with E-state index in [1.165, 1.54) is 12.8 Å². The average Bonchev–Trinajstić information content (AvgIpc) is 2.47. The highest BCUT2D eigenvalue weighted by Gasteiger charge is 2.49. The lowest BCUT2D eigenvalue weighted by atomic mass is 9.49. The summed E-state index contributed by atoms with van der Waals surface area (Å²) >= 11 is 0. The summed E-state index contributed by atoms with van der Waals surface area (Å²) in [7, 11) is 0. The van der Waals surface area contributed by atoms with Crippen molar-refractivity contribution in [2.24, 2.45) is 41.4 Å². The second-order valence-electron chi connectivity index (χ2n) is 8.43. The Labute approximate surface area is 119 Å². The van der Waals surface area contributed by atoms with Crippen LogP contribution in [0.4, 0.5) is 0 Å². The van der Waals surface area contributed by atoms with Crippen molar-refractivity contribution in [1.82, 2.24) is 0 Å². The van der Waals surface area contributed by atoms with Gasteiger partial charge in [0.05, 0.1) is 0 Å². The van der Waals surface area contributed by atoms with Crippen LogP contribution >= 0.6 is 0 Å². The third kappa shape index (κ3) is 2.09. The molecule has 4 aliphatic carbocycles. The van der Waals surface area contributed by atoms with Gasteiger partial charge < -0.3 is 0 Å². The standard InChI is InChI=1S/C19H32/c1-13-17-8-4-3-7-15(17)12-16-11-10-14-6-2-5-9-18(14)19(13)16/h13-19H,2-12H2,1H3. The Morgan fingerprint density at radius 3 is 2.05 bits per heavy atom. The number of hydrogen-bond donors (Lipinski definition) is 0. The fourth-order valence-corrected chi connectivity index (χ4v) is 7.06. The first-order valence-electron chi connectivity index (χ1n) is 9.34. The number of rotatable bonds is 0. The van der Waals surface area contributed by atoms with Crippen molar-refractivity contribution >= 4 is 0 Å². The highest BCUT2D eigenvalue weighted by atomic mass is 14.5. The molecule has 0 radical (unpaired) electrons. The van der Waals surface area contributed by atoms with Crippen LogP contribution in [0.5, 0.6) is 0 Å². The van der Waals surface area contributed by atoms with E-state index in [0.29, 0.717) is 0 Å². The fourth-order valence-electron chi connectivity index (χ4n) is 7.06. The van der Waals surface area contributed by atoms with Gasteiger partial charge in [-0.05, 0) is 73.5 Å². The zero-order valence-corrected chi connectivity index (χ0v) is 12.8. The molecule has 108 valence electrons. The van der Waals surface area contributed by atoms with E-state index < -0.39 is 0 Å². The second kappa shape index (κ2) is 5.08. The Morgan fingerprint density at radius 2 is 1.21 bits per heavy atom. The zero-order chi connectivity index (χ0) is 12.8. The van der Waals surface area contributed by atoms with Crippen molar-refractivity contribution in [3.05, 3.63) is 0 Å². The van der Waals surface area contributed by atoms with E-state index in [9.17, 15) is 0 Å². The number of hydrogen-bond acceptors (Lipinski definition) is 0. The highest BCUT2D eigenvalue weighted by molar-refractivity contribution is 4.99. The van der Waals surface area contributed by atoms with Crippen LogP contribution < -0.4 is 0 Å². The van der Waals surface area contributed by atoms with E-state index in [4.69, 9.17) is 0 Å². The van der Waals surface area contributed by atoms with E-state index in [1.54, 1.807) is 57.8 Å². The summed E-state index contributed by atoms with van der Waals surface area (Å²) in [6, 6.07) is 0. The molecule has 4 fully saturated rings. The lowest BCUT2D eigenvalue weighted by Gasteiger charge is -2.56. The molecular weight excluding hydrogens is 228 g/mol. The van der Waals surface area contributed by atoms with Crippen molar-refractivity contribution in [2.75, 3.05) is 0 Å². The SMILES string of the molecule is CC1C2CCCCC2CC2CCC3CCCCC3C21. The molecule has 0 heterocycles. The van der Waals surface area contributed by atoms with E-state index >= 15 is 0 Å². The van der Waals surface area contributed by atoms with E-state index in [-0.39, 0.29) is 0 Å². The molecule has 0 amide bonds. The largest absolute Gasteiger partial charge is 0.0619 e. The molecule has 0 nitrogen and oxygen atoms in total. The van der Waals surface area contributed by atoms with Crippen LogP contribution in [0.1, 0.15) is 77.6 Å². The second-order valence-corrected chi connectivity index (χ2v) is 8.43. The van der Waals surface area contributed by atoms with Gasteiger partial charge in [0, 0.05) is 0 Å². The normalized spacial score (nSPS) is 53.8. The van der Waals surface area contributed by atoms with E-state index in [0.717, 1.165) is 41.4 Å². The van der Waals surface area contributed by atoms with Crippen molar-refractivity contribution in [1.29, 1.82) is 0 Å². The Bertz CT molecular complexity index is 320.